The Balaban J connectivity index is 0.00000441. The van der Waals surface area contributed by atoms with Crippen molar-refractivity contribution >= 4 is 35.8 Å². The fraction of sp³-hybridized carbons (Fsp3) is 0.875. The van der Waals surface area contributed by atoms with Gasteiger partial charge in [0.15, 0.2) is 5.96 Å². The lowest BCUT2D eigenvalue weighted by atomic mass is 9.93. The number of aliphatic imine (C=N–C) groups is 1. The highest BCUT2D eigenvalue weighted by atomic mass is 127. The zero-order valence-electron chi connectivity index (χ0n) is 14.8. The number of halogens is 1. The summed E-state index contributed by atoms with van der Waals surface area (Å²) < 4.78 is 0. The number of hydrogen-bond donors (Lipinski definition) is 1. The van der Waals surface area contributed by atoms with Gasteiger partial charge in [0, 0.05) is 39.1 Å². The van der Waals surface area contributed by atoms with Crippen LogP contribution < -0.4 is 5.32 Å². The van der Waals surface area contributed by atoms with Crippen molar-refractivity contribution in [1.82, 2.24) is 15.1 Å². The lowest BCUT2D eigenvalue weighted by molar-refractivity contribution is -0.130. The Kier molecular flexibility index (Phi) is 10.0. The second-order valence-corrected chi connectivity index (χ2v) is 6.39. The molecule has 0 aromatic heterocycles. The molecule has 22 heavy (non-hydrogen) atoms. The summed E-state index contributed by atoms with van der Waals surface area (Å²) in [5.41, 5.74) is 0.354. The Morgan fingerprint density at radius 1 is 1.27 bits per heavy atom. The lowest BCUT2D eigenvalue weighted by Gasteiger charge is -2.24. The first kappa shape index (κ1) is 21.5. The second kappa shape index (κ2) is 10.3. The lowest BCUT2D eigenvalue weighted by Crippen LogP contribution is -2.41. The van der Waals surface area contributed by atoms with E-state index < -0.39 is 0 Å². The fourth-order valence-corrected chi connectivity index (χ4v) is 2.71. The molecular weight excluding hydrogens is 391 g/mol. The Morgan fingerprint density at radius 2 is 1.91 bits per heavy atom. The third-order valence-corrected chi connectivity index (χ3v) is 4.02. The van der Waals surface area contributed by atoms with Crippen molar-refractivity contribution in [3.63, 3.8) is 0 Å². The van der Waals surface area contributed by atoms with Crippen LogP contribution in [0.1, 0.15) is 47.5 Å². The molecule has 0 aliphatic carbocycles. The van der Waals surface area contributed by atoms with Crippen molar-refractivity contribution < 1.29 is 4.79 Å². The molecule has 0 atom stereocenters. The molecule has 5 nitrogen and oxygen atoms in total. The van der Waals surface area contributed by atoms with Crippen molar-refractivity contribution in [2.24, 2.45) is 10.4 Å². The number of likely N-dealkylation sites (tertiary alicyclic amines) is 1. The topological polar surface area (TPSA) is 47.9 Å². The molecule has 1 aliphatic heterocycles. The van der Waals surface area contributed by atoms with Gasteiger partial charge in [-0.25, -0.2) is 0 Å². The number of carbonyl (C=O) groups is 1. The zero-order valence-corrected chi connectivity index (χ0v) is 17.1. The van der Waals surface area contributed by atoms with Gasteiger partial charge >= 0.3 is 0 Å². The normalized spacial score (nSPS) is 17.1. The van der Waals surface area contributed by atoms with Gasteiger partial charge in [-0.3, -0.25) is 9.79 Å². The number of nitrogens with zero attached hydrogens (tertiary/aromatic N) is 3. The maximum absolute atomic E-state index is 12.0. The van der Waals surface area contributed by atoms with E-state index in [1.165, 1.54) is 6.42 Å². The van der Waals surface area contributed by atoms with Gasteiger partial charge in [-0.05, 0) is 32.6 Å². The Bertz CT molecular complexity index is 367. The highest BCUT2D eigenvalue weighted by Gasteiger charge is 2.30. The molecule has 0 spiro atoms. The van der Waals surface area contributed by atoms with Crippen LogP contribution in [0.25, 0.3) is 0 Å². The molecule has 1 aliphatic rings. The molecule has 1 fully saturated rings. The fourth-order valence-electron chi connectivity index (χ4n) is 2.71. The Hall–Kier alpha value is -0.530. The average Bonchev–Trinajstić information content (AvgIpc) is 2.79. The van der Waals surface area contributed by atoms with Crippen molar-refractivity contribution in [2.45, 2.75) is 47.5 Å². The van der Waals surface area contributed by atoms with Crippen LogP contribution >= 0.6 is 24.0 Å². The van der Waals surface area contributed by atoms with Crippen molar-refractivity contribution in [2.75, 3.05) is 39.3 Å². The summed E-state index contributed by atoms with van der Waals surface area (Å²) in [6, 6.07) is 0. The van der Waals surface area contributed by atoms with Gasteiger partial charge < -0.3 is 15.1 Å². The smallest absolute Gasteiger partial charge is 0.224 e. The maximum Gasteiger partial charge on any atom is 0.224 e. The summed E-state index contributed by atoms with van der Waals surface area (Å²) >= 11 is 0. The van der Waals surface area contributed by atoms with Crippen LogP contribution in [0.2, 0.25) is 0 Å². The van der Waals surface area contributed by atoms with Gasteiger partial charge in [0.05, 0.1) is 6.54 Å². The first-order valence-electron chi connectivity index (χ1n) is 8.24. The highest BCUT2D eigenvalue weighted by Crippen LogP contribution is 2.28. The molecule has 1 rings (SSSR count). The van der Waals surface area contributed by atoms with E-state index >= 15 is 0 Å². The predicted octanol–water partition coefficient (Wildman–Crippen LogP) is 2.56. The van der Waals surface area contributed by atoms with Gasteiger partial charge in [-0.2, -0.15) is 0 Å². The monoisotopic (exact) mass is 424 g/mol. The molecule has 1 saturated heterocycles. The Labute approximate surface area is 152 Å². The van der Waals surface area contributed by atoms with E-state index in [1.54, 1.807) is 0 Å². The first-order valence-corrected chi connectivity index (χ1v) is 8.24. The van der Waals surface area contributed by atoms with Gasteiger partial charge in [-0.1, -0.05) is 13.8 Å². The molecule has 130 valence electrons. The predicted molar refractivity (Wildman–Crippen MR) is 104 cm³/mol. The number of rotatable bonds is 6. The first-order chi connectivity index (χ1) is 9.93. The zero-order chi connectivity index (χ0) is 15.9. The van der Waals surface area contributed by atoms with E-state index in [0.29, 0.717) is 18.4 Å². The molecule has 0 saturated carbocycles. The molecule has 0 aromatic rings. The van der Waals surface area contributed by atoms with E-state index in [2.05, 4.69) is 36.0 Å². The summed E-state index contributed by atoms with van der Waals surface area (Å²) in [4.78, 5) is 20.8. The van der Waals surface area contributed by atoms with Gasteiger partial charge in [-0.15, -0.1) is 24.0 Å². The van der Waals surface area contributed by atoms with Gasteiger partial charge in [0.1, 0.15) is 0 Å². The minimum atomic E-state index is 0. The molecule has 1 N–H and O–H groups in total. The quantitative estimate of drug-likeness (QED) is 0.405. The number of carbonyl (C=O) groups excluding carboxylic acids is 1. The molecule has 0 bridgehead atoms. The van der Waals surface area contributed by atoms with Crippen LogP contribution in [0.3, 0.4) is 0 Å². The van der Waals surface area contributed by atoms with Gasteiger partial charge in [0.2, 0.25) is 5.91 Å². The van der Waals surface area contributed by atoms with E-state index in [9.17, 15) is 4.79 Å². The number of guanidine groups is 1. The molecule has 0 aromatic carbocycles. The second-order valence-electron chi connectivity index (χ2n) is 6.39. The van der Waals surface area contributed by atoms with E-state index in [4.69, 9.17) is 0 Å². The van der Waals surface area contributed by atoms with Crippen LogP contribution in [-0.4, -0.2) is 60.9 Å². The molecule has 0 unspecified atom stereocenters. The minimum Gasteiger partial charge on any atom is -0.357 e. The van der Waals surface area contributed by atoms with E-state index in [1.807, 2.05) is 18.7 Å². The standard InChI is InChI=1S/C16H32N4O.HI/c1-6-17-15(20-12-10-16(4,5)13-20)18-11-9-14(21)19(7-2)8-3;/h6-13H2,1-5H3,(H,17,18);1H. The van der Waals surface area contributed by atoms with Crippen molar-refractivity contribution in [3.05, 3.63) is 0 Å². The number of hydrogen-bond acceptors (Lipinski definition) is 2. The van der Waals surface area contributed by atoms with Crippen LogP contribution in [-0.2, 0) is 4.79 Å². The van der Waals surface area contributed by atoms with Gasteiger partial charge in [0.25, 0.3) is 0 Å². The van der Waals surface area contributed by atoms with E-state index in [0.717, 1.165) is 38.7 Å². The Morgan fingerprint density at radius 3 is 2.36 bits per heavy atom. The minimum absolute atomic E-state index is 0. The van der Waals surface area contributed by atoms with Crippen LogP contribution in [0, 0.1) is 5.41 Å². The summed E-state index contributed by atoms with van der Waals surface area (Å²) in [5.74, 6) is 1.15. The average molecular weight is 424 g/mol. The van der Waals surface area contributed by atoms with E-state index in [-0.39, 0.29) is 29.9 Å². The maximum atomic E-state index is 12.0. The molecule has 1 amide bonds. The van der Waals surface area contributed by atoms with Crippen molar-refractivity contribution in [3.8, 4) is 0 Å². The molecule has 6 heteroatoms. The SMILES string of the molecule is CCNC(=NCCC(=O)N(CC)CC)N1CCC(C)(C)C1.I. The molecular formula is C16H33IN4O. The summed E-state index contributed by atoms with van der Waals surface area (Å²) in [6.45, 7) is 15.7. The number of amides is 1. The summed E-state index contributed by atoms with van der Waals surface area (Å²) in [5, 5.41) is 3.34. The highest BCUT2D eigenvalue weighted by molar-refractivity contribution is 14.0. The third kappa shape index (κ3) is 6.71. The summed E-state index contributed by atoms with van der Waals surface area (Å²) in [6.07, 6.45) is 1.68. The molecule has 1 heterocycles. The third-order valence-electron chi connectivity index (χ3n) is 4.02. The summed E-state index contributed by atoms with van der Waals surface area (Å²) in [7, 11) is 0. The van der Waals surface area contributed by atoms with Crippen LogP contribution in [0.4, 0.5) is 0 Å². The number of nitrogens with one attached hydrogen (secondary N) is 1. The van der Waals surface area contributed by atoms with Crippen LogP contribution in [0.5, 0.6) is 0 Å². The van der Waals surface area contributed by atoms with Crippen molar-refractivity contribution in [1.29, 1.82) is 0 Å². The van der Waals surface area contributed by atoms with Crippen LogP contribution in [0.15, 0.2) is 4.99 Å². The molecule has 0 radical (unpaired) electrons. The largest absolute Gasteiger partial charge is 0.357 e.